The molecule has 0 spiro atoms. The molecular formula is C14H28O3. The zero-order valence-electron chi connectivity index (χ0n) is 11.4. The molecule has 0 radical (unpaired) electrons. The Labute approximate surface area is 106 Å². The van der Waals surface area contributed by atoms with E-state index in [-0.39, 0.29) is 0 Å². The van der Waals surface area contributed by atoms with E-state index in [0.29, 0.717) is 13.0 Å². The maximum Gasteiger partial charge on any atom is 0.332 e. The number of carboxylic acid groups (broad SMARTS) is 1. The molecule has 3 heteroatoms. The van der Waals surface area contributed by atoms with Gasteiger partial charge < -0.3 is 9.84 Å². The Morgan fingerprint density at radius 2 is 1.59 bits per heavy atom. The number of unbranched alkanes of at least 4 members (excludes halogenated alkanes) is 6. The molecule has 3 nitrogen and oxygen atoms in total. The molecule has 102 valence electrons. The number of rotatable bonds is 12. The molecule has 0 aromatic carbocycles. The Morgan fingerprint density at radius 1 is 1.00 bits per heavy atom. The van der Waals surface area contributed by atoms with Crippen molar-refractivity contribution in [2.24, 2.45) is 0 Å². The van der Waals surface area contributed by atoms with Crippen LogP contribution in [0.15, 0.2) is 0 Å². The largest absolute Gasteiger partial charge is 0.479 e. The molecule has 0 aliphatic carbocycles. The summed E-state index contributed by atoms with van der Waals surface area (Å²) in [7, 11) is 0. The van der Waals surface area contributed by atoms with Crippen LogP contribution in [0.4, 0.5) is 0 Å². The fourth-order valence-corrected chi connectivity index (χ4v) is 1.78. The Hall–Kier alpha value is -0.570. The van der Waals surface area contributed by atoms with Crippen LogP contribution in [0, 0.1) is 0 Å². The lowest BCUT2D eigenvalue weighted by Gasteiger charge is -2.12. The summed E-state index contributed by atoms with van der Waals surface area (Å²) in [5.41, 5.74) is 0. The van der Waals surface area contributed by atoms with Gasteiger partial charge in [0.05, 0.1) is 0 Å². The van der Waals surface area contributed by atoms with Crippen molar-refractivity contribution in [1.82, 2.24) is 0 Å². The van der Waals surface area contributed by atoms with E-state index < -0.39 is 12.1 Å². The molecule has 1 N–H and O–H groups in total. The number of aliphatic carboxylic acids is 1. The predicted octanol–water partition coefficient (Wildman–Crippen LogP) is 4.01. The minimum atomic E-state index is -0.815. The van der Waals surface area contributed by atoms with Crippen molar-refractivity contribution < 1.29 is 14.6 Å². The maximum absolute atomic E-state index is 10.9. The molecular weight excluding hydrogens is 216 g/mol. The van der Waals surface area contributed by atoms with Gasteiger partial charge in [-0.25, -0.2) is 4.79 Å². The lowest BCUT2D eigenvalue weighted by molar-refractivity contribution is -0.151. The van der Waals surface area contributed by atoms with Crippen molar-refractivity contribution in [2.45, 2.75) is 77.7 Å². The molecule has 0 saturated carbocycles. The van der Waals surface area contributed by atoms with E-state index in [1.807, 2.05) is 0 Å². The van der Waals surface area contributed by atoms with E-state index in [2.05, 4.69) is 13.8 Å². The van der Waals surface area contributed by atoms with Gasteiger partial charge in [-0.2, -0.15) is 0 Å². The molecule has 0 aromatic heterocycles. The lowest BCUT2D eigenvalue weighted by Crippen LogP contribution is -2.24. The molecule has 1 unspecified atom stereocenters. The molecule has 0 saturated heterocycles. The summed E-state index contributed by atoms with van der Waals surface area (Å²) in [6.07, 6.45) is 9.21. The summed E-state index contributed by atoms with van der Waals surface area (Å²) in [4.78, 5) is 10.9. The maximum atomic E-state index is 10.9. The molecule has 0 amide bonds. The summed E-state index contributed by atoms with van der Waals surface area (Å²) < 4.78 is 5.41. The quantitative estimate of drug-likeness (QED) is 0.528. The summed E-state index contributed by atoms with van der Waals surface area (Å²) in [6.45, 7) is 4.85. The highest BCUT2D eigenvalue weighted by Crippen LogP contribution is 2.08. The van der Waals surface area contributed by atoms with Crippen molar-refractivity contribution >= 4 is 5.97 Å². The minimum absolute atomic E-state index is 0.590. The molecule has 0 bridgehead atoms. The fraction of sp³-hybridized carbons (Fsp3) is 0.929. The van der Waals surface area contributed by atoms with Crippen LogP contribution in [0.25, 0.3) is 0 Å². The lowest BCUT2D eigenvalue weighted by atomic mass is 10.1. The topological polar surface area (TPSA) is 46.5 Å². The SMILES string of the molecule is CCCCCCCCOC(CCCC)C(=O)O. The Bertz CT molecular complexity index is 180. The number of hydrogen-bond donors (Lipinski definition) is 1. The van der Waals surface area contributed by atoms with Gasteiger partial charge in [-0.15, -0.1) is 0 Å². The third kappa shape index (κ3) is 10.3. The molecule has 0 heterocycles. The predicted molar refractivity (Wildman–Crippen MR) is 70.3 cm³/mol. The van der Waals surface area contributed by atoms with E-state index in [4.69, 9.17) is 9.84 Å². The Balaban J connectivity index is 3.44. The first-order valence-corrected chi connectivity index (χ1v) is 7.06. The monoisotopic (exact) mass is 244 g/mol. The molecule has 0 rings (SSSR count). The van der Waals surface area contributed by atoms with Gasteiger partial charge in [-0.1, -0.05) is 58.8 Å². The third-order valence-corrected chi connectivity index (χ3v) is 2.91. The van der Waals surface area contributed by atoms with Gasteiger partial charge >= 0.3 is 5.97 Å². The van der Waals surface area contributed by atoms with Gasteiger partial charge in [0.2, 0.25) is 0 Å². The number of hydrogen-bond acceptors (Lipinski definition) is 2. The molecule has 17 heavy (non-hydrogen) atoms. The van der Waals surface area contributed by atoms with Gasteiger partial charge in [0.25, 0.3) is 0 Å². The van der Waals surface area contributed by atoms with E-state index in [9.17, 15) is 4.79 Å². The molecule has 0 aliphatic heterocycles. The molecule has 0 fully saturated rings. The first-order chi connectivity index (χ1) is 8.22. The van der Waals surface area contributed by atoms with Crippen LogP contribution >= 0.6 is 0 Å². The van der Waals surface area contributed by atoms with Crippen molar-refractivity contribution in [3.8, 4) is 0 Å². The number of carboxylic acids is 1. The normalized spacial score (nSPS) is 12.6. The highest BCUT2D eigenvalue weighted by molar-refractivity contribution is 5.72. The highest BCUT2D eigenvalue weighted by atomic mass is 16.5. The van der Waals surface area contributed by atoms with Crippen molar-refractivity contribution in [3.63, 3.8) is 0 Å². The van der Waals surface area contributed by atoms with Crippen LogP contribution in [-0.4, -0.2) is 23.8 Å². The first kappa shape index (κ1) is 16.4. The van der Waals surface area contributed by atoms with Crippen LogP contribution in [0.3, 0.4) is 0 Å². The third-order valence-electron chi connectivity index (χ3n) is 2.91. The van der Waals surface area contributed by atoms with Gasteiger partial charge in [-0.05, 0) is 12.8 Å². The number of ether oxygens (including phenoxy) is 1. The summed E-state index contributed by atoms with van der Waals surface area (Å²) in [6, 6.07) is 0. The van der Waals surface area contributed by atoms with E-state index in [1.54, 1.807) is 0 Å². The van der Waals surface area contributed by atoms with Crippen molar-refractivity contribution in [2.75, 3.05) is 6.61 Å². The van der Waals surface area contributed by atoms with Crippen LogP contribution in [-0.2, 0) is 9.53 Å². The van der Waals surface area contributed by atoms with Crippen LogP contribution in [0.1, 0.15) is 71.6 Å². The number of carbonyl (C=O) groups is 1. The van der Waals surface area contributed by atoms with E-state index in [1.165, 1.54) is 25.7 Å². The zero-order valence-corrected chi connectivity index (χ0v) is 11.4. The second-order valence-corrected chi connectivity index (χ2v) is 4.61. The van der Waals surface area contributed by atoms with Crippen molar-refractivity contribution in [1.29, 1.82) is 0 Å². The molecule has 0 aliphatic rings. The van der Waals surface area contributed by atoms with E-state index >= 15 is 0 Å². The van der Waals surface area contributed by atoms with Gasteiger partial charge in [0, 0.05) is 6.61 Å². The van der Waals surface area contributed by atoms with Gasteiger partial charge in [-0.3, -0.25) is 0 Å². The van der Waals surface area contributed by atoms with Crippen LogP contribution in [0.2, 0.25) is 0 Å². The van der Waals surface area contributed by atoms with Gasteiger partial charge in [0.1, 0.15) is 0 Å². The first-order valence-electron chi connectivity index (χ1n) is 7.06. The average molecular weight is 244 g/mol. The zero-order chi connectivity index (χ0) is 12.9. The Morgan fingerprint density at radius 3 is 2.18 bits per heavy atom. The summed E-state index contributed by atoms with van der Waals surface area (Å²) in [5, 5.41) is 8.95. The molecule has 0 aromatic rings. The van der Waals surface area contributed by atoms with Crippen LogP contribution in [0.5, 0.6) is 0 Å². The average Bonchev–Trinajstić information content (AvgIpc) is 2.31. The summed E-state index contributed by atoms with van der Waals surface area (Å²) >= 11 is 0. The van der Waals surface area contributed by atoms with E-state index in [0.717, 1.165) is 25.7 Å². The molecule has 1 atom stereocenters. The summed E-state index contributed by atoms with van der Waals surface area (Å²) in [5.74, 6) is -0.815. The Kier molecular flexibility index (Phi) is 11.5. The highest BCUT2D eigenvalue weighted by Gasteiger charge is 2.16. The second-order valence-electron chi connectivity index (χ2n) is 4.61. The van der Waals surface area contributed by atoms with Gasteiger partial charge in [0.15, 0.2) is 6.10 Å². The second kappa shape index (κ2) is 11.9. The minimum Gasteiger partial charge on any atom is -0.479 e. The van der Waals surface area contributed by atoms with Crippen molar-refractivity contribution in [3.05, 3.63) is 0 Å². The van der Waals surface area contributed by atoms with Crippen LogP contribution < -0.4 is 0 Å². The standard InChI is InChI=1S/C14H28O3/c1-3-5-7-8-9-10-12-17-13(14(15)16)11-6-4-2/h13H,3-12H2,1-2H3,(H,15,16). The fourth-order valence-electron chi connectivity index (χ4n) is 1.78. The smallest absolute Gasteiger partial charge is 0.332 e.